The van der Waals surface area contributed by atoms with Crippen LogP contribution in [0.2, 0.25) is 0 Å². The minimum absolute atomic E-state index is 0.141. The summed E-state index contributed by atoms with van der Waals surface area (Å²) >= 11 is 0. The first-order valence-corrected chi connectivity index (χ1v) is 19.9. The number of aliphatic hydroxyl groups is 2. The molecule has 9 atom stereocenters. The first kappa shape index (κ1) is 55.3. The number of nitrogens with one attached hydrogen (secondary N) is 7. The maximum absolute atomic E-state index is 14.0. The van der Waals surface area contributed by atoms with Crippen molar-refractivity contribution in [3.05, 3.63) is 29.8 Å². The summed E-state index contributed by atoms with van der Waals surface area (Å²) in [5.74, 6) is -13.7. The molecule has 0 heterocycles. The zero-order valence-electron chi connectivity index (χ0n) is 35.7. The van der Waals surface area contributed by atoms with E-state index in [9.17, 15) is 78.3 Å². The number of hydrogen-bond donors (Lipinski definition) is 14. The highest BCUT2D eigenvalue weighted by Crippen LogP contribution is 2.14. The second kappa shape index (κ2) is 26.7. The van der Waals surface area contributed by atoms with Crippen molar-refractivity contribution in [2.24, 2.45) is 17.6 Å². The summed E-state index contributed by atoms with van der Waals surface area (Å²) in [6, 6.07) is -8.01. The Hall–Kier alpha value is -6.73. The van der Waals surface area contributed by atoms with Crippen LogP contribution >= 0.6 is 0 Å². The fourth-order valence-electron chi connectivity index (χ4n) is 5.76. The second-order valence-corrected chi connectivity index (χ2v) is 15.5. The maximum atomic E-state index is 14.0. The zero-order chi connectivity index (χ0) is 49.0. The predicted molar refractivity (Wildman–Crippen MR) is 219 cm³/mol. The third-order valence-corrected chi connectivity index (χ3v) is 9.10. The van der Waals surface area contributed by atoms with Gasteiger partial charge in [-0.15, -0.1) is 0 Å². The first-order chi connectivity index (χ1) is 29.8. The van der Waals surface area contributed by atoms with E-state index in [0.29, 0.717) is 5.56 Å². The highest BCUT2D eigenvalue weighted by molar-refractivity contribution is 5.99. The summed E-state index contributed by atoms with van der Waals surface area (Å²) in [5.41, 5.74) is 5.93. The average molecular weight is 911 g/mol. The van der Waals surface area contributed by atoms with Gasteiger partial charge in [-0.05, 0) is 42.9 Å². The summed E-state index contributed by atoms with van der Waals surface area (Å²) in [6.07, 6.45) is -4.91. The molecule has 0 saturated heterocycles. The number of nitrogens with two attached hydrogens (primary N) is 1. The van der Waals surface area contributed by atoms with Crippen molar-refractivity contribution in [3.63, 3.8) is 0 Å². The number of phenols is 1. The van der Waals surface area contributed by atoms with Gasteiger partial charge in [0.2, 0.25) is 41.4 Å². The summed E-state index contributed by atoms with van der Waals surface area (Å²) in [5, 5.41) is 73.2. The molecule has 0 aliphatic heterocycles. The van der Waals surface area contributed by atoms with E-state index in [1.54, 1.807) is 13.8 Å². The van der Waals surface area contributed by atoms with Gasteiger partial charge in [0.25, 0.3) is 0 Å². The van der Waals surface area contributed by atoms with Gasteiger partial charge < -0.3 is 78.4 Å². The van der Waals surface area contributed by atoms with E-state index in [-0.39, 0.29) is 30.8 Å². The summed E-state index contributed by atoms with van der Waals surface area (Å²) in [7, 11) is 0. The molecular formula is C39H58N8O17. The van der Waals surface area contributed by atoms with Crippen LogP contribution in [0.3, 0.4) is 0 Å². The molecular weight excluding hydrogens is 852 g/mol. The van der Waals surface area contributed by atoms with Gasteiger partial charge in [0.1, 0.15) is 54.3 Å². The summed E-state index contributed by atoms with van der Waals surface area (Å²) in [6.45, 7) is 6.49. The van der Waals surface area contributed by atoms with E-state index < -0.39 is 145 Å². The number of rotatable bonds is 28. The molecule has 0 aliphatic carbocycles. The number of aromatic hydroxyl groups is 1. The van der Waals surface area contributed by atoms with Crippen molar-refractivity contribution in [2.75, 3.05) is 6.61 Å². The highest BCUT2D eigenvalue weighted by Gasteiger charge is 2.37. The average Bonchev–Trinajstić information content (AvgIpc) is 3.19. The second-order valence-electron chi connectivity index (χ2n) is 15.5. The van der Waals surface area contributed by atoms with Gasteiger partial charge in [0.05, 0.1) is 38.0 Å². The molecule has 7 amide bonds. The Balaban J connectivity index is 3.51. The lowest BCUT2D eigenvalue weighted by Gasteiger charge is -2.29. The number of benzene rings is 1. The molecule has 0 unspecified atom stereocenters. The standard InChI is InChI=1S/C39H58N8O17/c1-17(2)10-24(42-36(61)27(14-30(56)57)44-38(63)31(18(3)4)46-33(58)23(40)12-28(52)53)35(60)43-25(11-20-6-8-22(51)9-7-20)37(62)47-32(19(5)50)39(64)45-26(13-29(54)55)34(59)41-21(15-48)16-49/h6-9,15,17-19,21,23-27,31-32,49-51H,10-14,16,40H2,1-5H3,(H,41,59)(H,42,61)(H,43,60)(H,44,63)(H,45,64)(H,46,58)(H,47,62)(H,52,53)(H,54,55)(H,56,57)/t19-,21-,23+,24+,25+,26+,27+,31+,32+/m1/s1. The van der Waals surface area contributed by atoms with Crippen LogP contribution in [0.4, 0.5) is 0 Å². The number of carbonyl (C=O) groups is 11. The van der Waals surface area contributed by atoms with Crippen LogP contribution < -0.4 is 43.0 Å². The van der Waals surface area contributed by atoms with Crippen LogP contribution in [-0.2, 0) is 59.2 Å². The third-order valence-electron chi connectivity index (χ3n) is 9.10. The number of carbonyl (C=O) groups excluding carboxylic acids is 8. The fraction of sp³-hybridized carbons (Fsp3) is 0.564. The monoisotopic (exact) mass is 910 g/mol. The van der Waals surface area contributed by atoms with Gasteiger partial charge >= 0.3 is 17.9 Å². The molecule has 0 spiro atoms. The molecule has 0 saturated carbocycles. The molecule has 0 aliphatic rings. The Bertz CT molecular complexity index is 1840. The largest absolute Gasteiger partial charge is 0.508 e. The van der Waals surface area contributed by atoms with Crippen molar-refractivity contribution < 1.29 is 83.4 Å². The quantitative estimate of drug-likeness (QED) is 0.0352. The van der Waals surface area contributed by atoms with E-state index in [1.165, 1.54) is 38.1 Å². The molecule has 0 aromatic heterocycles. The van der Waals surface area contributed by atoms with E-state index in [1.807, 2.05) is 5.32 Å². The van der Waals surface area contributed by atoms with Crippen molar-refractivity contribution in [1.82, 2.24) is 37.2 Å². The number of phenolic OH excluding ortho intramolecular Hbond substituents is 1. The lowest BCUT2D eigenvalue weighted by molar-refractivity contribution is -0.142. The molecule has 1 aromatic carbocycles. The number of carboxylic acids is 3. The van der Waals surface area contributed by atoms with Gasteiger partial charge in [-0.2, -0.15) is 0 Å². The Kier molecular flexibility index (Phi) is 23.0. The van der Waals surface area contributed by atoms with E-state index in [0.717, 1.165) is 6.92 Å². The van der Waals surface area contributed by atoms with Gasteiger partial charge in [0.15, 0.2) is 0 Å². The Morgan fingerprint density at radius 3 is 1.44 bits per heavy atom. The van der Waals surface area contributed by atoms with E-state index in [2.05, 4.69) is 31.9 Å². The highest BCUT2D eigenvalue weighted by atomic mass is 16.4. The topological polar surface area (TPSA) is 419 Å². The van der Waals surface area contributed by atoms with Gasteiger partial charge in [-0.1, -0.05) is 39.8 Å². The summed E-state index contributed by atoms with van der Waals surface area (Å²) in [4.78, 5) is 139. The molecule has 1 rings (SSSR count). The maximum Gasteiger partial charge on any atom is 0.305 e. The minimum Gasteiger partial charge on any atom is -0.508 e. The molecule has 15 N–H and O–H groups in total. The Morgan fingerprint density at radius 1 is 0.578 bits per heavy atom. The lowest BCUT2D eigenvalue weighted by Crippen LogP contribution is -2.62. The SMILES string of the molecule is CC(C)C[C@H](NC(=O)[C@H](CC(=O)O)NC(=O)[C@@H](NC(=O)[C@@H](N)CC(=O)O)C(C)C)C(=O)N[C@@H](Cc1ccc(O)cc1)C(=O)N[C@H](C(=O)N[C@@H](CC(=O)O)C(=O)N[C@H](C=O)CO)[C@@H](C)O. The third kappa shape index (κ3) is 19.5. The number of amides is 7. The van der Waals surface area contributed by atoms with E-state index in [4.69, 9.17) is 10.8 Å². The van der Waals surface area contributed by atoms with Crippen LogP contribution in [0.25, 0.3) is 0 Å². The van der Waals surface area contributed by atoms with Gasteiger partial charge in [-0.3, -0.25) is 47.9 Å². The molecule has 25 heteroatoms. The van der Waals surface area contributed by atoms with Crippen LogP contribution in [0, 0.1) is 11.8 Å². The lowest BCUT2D eigenvalue weighted by atomic mass is 9.99. The Morgan fingerprint density at radius 2 is 1.00 bits per heavy atom. The molecule has 0 fully saturated rings. The fourth-order valence-corrected chi connectivity index (χ4v) is 5.76. The van der Waals surface area contributed by atoms with Crippen LogP contribution in [-0.4, -0.2) is 157 Å². The zero-order valence-corrected chi connectivity index (χ0v) is 35.7. The molecule has 0 bridgehead atoms. The smallest absolute Gasteiger partial charge is 0.305 e. The van der Waals surface area contributed by atoms with Crippen molar-refractivity contribution in [2.45, 2.75) is 121 Å². The molecule has 25 nitrogen and oxygen atoms in total. The van der Waals surface area contributed by atoms with E-state index >= 15 is 0 Å². The molecule has 1 aromatic rings. The number of hydrogen-bond acceptors (Lipinski definition) is 15. The first-order valence-electron chi connectivity index (χ1n) is 19.9. The van der Waals surface area contributed by atoms with Crippen molar-refractivity contribution in [3.8, 4) is 5.75 Å². The molecule has 0 radical (unpaired) electrons. The van der Waals surface area contributed by atoms with Gasteiger partial charge in [-0.25, -0.2) is 0 Å². The number of aliphatic hydroxyl groups excluding tert-OH is 2. The minimum atomic E-state index is -1.92. The normalized spacial score (nSPS) is 15.3. The predicted octanol–water partition coefficient (Wildman–Crippen LogP) is -4.65. The Labute approximate surface area is 366 Å². The van der Waals surface area contributed by atoms with Crippen LogP contribution in [0.5, 0.6) is 5.75 Å². The van der Waals surface area contributed by atoms with Crippen molar-refractivity contribution in [1.29, 1.82) is 0 Å². The molecule has 356 valence electrons. The number of carboxylic acid groups (broad SMARTS) is 3. The van der Waals surface area contributed by atoms with Crippen LogP contribution in [0.1, 0.15) is 65.9 Å². The summed E-state index contributed by atoms with van der Waals surface area (Å²) < 4.78 is 0. The van der Waals surface area contributed by atoms with Crippen molar-refractivity contribution >= 4 is 65.5 Å². The number of aliphatic carboxylic acids is 3. The molecule has 64 heavy (non-hydrogen) atoms. The van der Waals surface area contributed by atoms with Crippen LogP contribution in [0.15, 0.2) is 24.3 Å². The van der Waals surface area contributed by atoms with Gasteiger partial charge in [0, 0.05) is 6.42 Å². The number of aldehydes is 1.